The van der Waals surface area contributed by atoms with Crippen molar-refractivity contribution in [2.45, 2.75) is 31.1 Å². The van der Waals surface area contributed by atoms with Gasteiger partial charge in [-0.25, -0.2) is 0 Å². The van der Waals surface area contributed by atoms with Crippen LogP contribution in [0.2, 0.25) is 0 Å². The molecule has 0 aliphatic heterocycles. The topological polar surface area (TPSA) is 6.48 Å². The van der Waals surface area contributed by atoms with Crippen molar-refractivity contribution in [2.75, 3.05) is 9.80 Å². The van der Waals surface area contributed by atoms with Crippen molar-refractivity contribution in [3.05, 3.63) is 253 Å². The van der Waals surface area contributed by atoms with E-state index in [4.69, 9.17) is 0 Å². The number of benzene rings is 9. The van der Waals surface area contributed by atoms with Gasteiger partial charge in [0.1, 0.15) is 0 Å². The molecule has 63 heavy (non-hydrogen) atoms. The summed E-state index contributed by atoms with van der Waals surface area (Å²) in [6, 6.07) is 85.1. The van der Waals surface area contributed by atoms with Crippen molar-refractivity contribution in [3.8, 4) is 33.4 Å². The van der Waals surface area contributed by atoms with Gasteiger partial charge in [-0.1, -0.05) is 170 Å². The summed E-state index contributed by atoms with van der Waals surface area (Å²) in [6.07, 6.45) is 4.70. The highest BCUT2D eigenvalue weighted by molar-refractivity contribution is 5.95. The van der Waals surface area contributed by atoms with Crippen molar-refractivity contribution in [1.82, 2.24) is 0 Å². The van der Waals surface area contributed by atoms with E-state index in [9.17, 15) is 0 Å². The second kappa shape index (κ2) is 15.5. The molecule has 0 radical (unpaired) electrons. The van der Waals surface area contributed by atoms with E-state index in [1.807, 2.05) is 0 Å². The minimum Gasteiger partial charge on any atom is -0.310 e. The molecule has 0 saturated heterocycles. The van der Waals surface area contributed by atoms with E-state index >= 15 is 0 Å². The Morgan fingerprint density at radius 2 is 0.683 bits per heavy atom. The third-order valence-electron chi connectivity index (χ3n) is 14.3. The Hall–Kier alpha value is -7.42. The second-order valence-corrected chi connectivity index (χ2v) is 17.6. The molecule has 3 aliphatic rings. The molecule has 12 rings (SSSR count). The summed E-state index contributed by atoms with van der Waals surface area (Å²) >= 11 is 0. The summed E-state index contributed by atoms with van der Waals surface area (Å²) in [5.74, 6) is 1.06. The van der Waals surface area contributed by atoms with E-state index < -0.39 is 0 Å². The summed E-state index contributed by atoms with van der Waals surface area (Å²) in [5, 5.41) is 0. The second-order valence-electron chi connectivity index (χ2n) is 17.6. The van der Waals surface area contributed by atoms with E-state index in [0.29, 0.717) is 11.8 Å². The van der Waals surface area contributed by atoms with Gasteiger partial charge >= 0.3 is 0 Å². The Morgan fingerprint density at radius 1 is 0.317 bits per heavy atom. The molecule has 0 amide bonds. The molecule has 302 valence electrons. The van der Waals surface area contributed by atoms with Crippen LogP contribution in [0.3, 0.4) is 0 Å². The van der Waals surface area contributed by atoms with Crippen LogP contribution in [0.15, 0.2) is 231 Å². The average Bonchev–Trinajstić information content (AvgIpc) is 3.99. The molecule has 0 aromatic heterocycles. The maximum atomic E-state index is 2.56. The van der Waals surface area contributed by atoms with Crippen molar-refractivity contribution in [1.29, 1.82) is 0 Å². The van der Waals surface area contributed by atoms with Crippen LogP contribution in [0.4, 0.5) is 34.1 Å². The largest absolute Gasteiger partial charge is 0.310 e. The van der Waals surface area contributed by atoms with Crippen LogP contribution in [-0.4, -0.2) is 0 Å². The lowest BCUT2D eigenvalue weighted by Crippen LogP contribution is -2.34. The molecule has 1 spiro atoms. The van der Waals surface area contributed by atoms with Crippen LogP contribution >= 0.6 is 0 Å². The summed E-state index contributed by atoms with van der Waals surface area (Å²) in [5.41, 5.74) is 20.6. The maximum Gasteiger partial charge on any atom is 0.0505 e. The first-order valence-corrected chi connectivity index (χ1v) is 22.6. The van der Waals surface area contributed by atoms with Gasteiger partial charge in [-0.05, 0) is 154 Å². The first-order chi connectivity index (χ1) is 31.3. The van der Waals surface area contributed by atoms with E-state index in [1.165, 1.54) is 96.9 Å². The van der Waals surface area contributed by atoms with Crippen LogP contribution in [0.1, 0.15) is 35.1 Å². The summed E-state index contributed by atoms with van der Waals surface area (Å²) in [7, 11) is 0. The zero-order valence-corrected chi connectivity index (χ0v) is 35.3. The third-order valence-corrected chi connectivity index (χ3v) is 14.3. The number of anilines is 6. The molecular weight excluding hydrogens is 761 g/mol. The fourth-order valence-electron chi connectivity index (χ4n) is 12.0. The van der Waals surface area contributed by atoms with Crippen molar-refractivity contribution >= 4 is 34.1 Å². The Morgan fingerprint density at radius 3 is 1.10 bits per heavy atom. The first-order valence-electron chi connectivity index (χ1n) is 22.6. The van der Waals surface area contributed by atoms with Gasteiger partial charge in [-0.3, -0.25) is 0 Å². The van der Waals surface area contributed by atoms with Crippen LogP contribution in [-0.2, 0) is 18.3 Å². The van der Waals surface area contributed by atoms with E-state index in [2.05, 4.69) is 240 Å². The fourth-order valence-corrected chi connectivity index (χ4v) is 12.0. The highest BCUT2D eigenvalue weighted by Crippen LogP contribution is 2.68. The Kier molecular flexibility index (Phi) is 9.18. The van der Waals surface area contributed by atoms with Crippen LogP contribution in [0.25, 0.3) is 33.4 Å². The fraction of sp³-hybridized carbons (Fsp3) is 0.115. The zero-order valence-electron chi connectivity index (χ0n) is 35.3. The zero-order chi connectivity index (χ0) is 41.7. The highest BCUT2D eigenvalue weighted by Gasteiger charge is 2.62. The molecule has 1 fully saturated rings. The number of hydrogen-bond acceptors (Lipinski definition) is 2. The molecule has 2 heteroatoms. The summed E-state index contributed by atoms with van der Waals surface area (Å²) in [4.78, 5) is 5.08. The van der Waals surface area contributed by atoms with Gasteiger partial charge in [0.05, 0.1) is 11.4 Å². The highest BCUT2D eigenvalue weighted by atomic mass is 15.2. The predicted molar refractivity (Wildman–Crippen MR) is 263 cm³/mol. The van der Waals surface area contributed by atoms with Gasteiger partial charge in [0.25, 0.3) is 0 Å². The number of nitrogens with zero attached hydrogens (tertiary/aromatic N) is 2. The Labute approximate surface area is 371 Å². The lowest BCUT2D eigenvalue weighted by molar-refractivity contribution is 0.350. The smallest absolute Gasteiger partial charge is 0.0505 e. The molecule has 3 aliphatic carbocycles. The molecule has 2 nitrogen and oxygen atoms in total. The first kappa shape index (κ1) is 37.4. The van der Waals surface area contributed by atoms with Gasteiger partial charge in [-0.15, -0.1) is 0 Å². The minimum atomic E-state index is -0.119. The van der Waals surface area contributed by atoms with Gasteiger partial charge in [0, 0.05) is 28.2 Å². The molecule has 3 atom stereocenters. The number of para-hydroxylation sites is 3. The molecule has 1 saturated carbocycles. The quantitative estimate of drug-likeness (QED) is 0.143. The monoisotopic (exact) mass is 808 g/mol. The lowest BCUT2D eigenvalue weighted by atomic mass is 9.68. The number of hydrogen-bond donors (Lipinski definition) is 0. The van der Waals surface area contributed by atoms with Crippen LogP contribution in [0.5, 0.6) is 0 Å². The van der Waals surface area contributed by atoms with Crippen molar-refractivity contribution in [2.24, 2.45) is 11.8 Å². The number of rotatable bonds is 9. The van der Waals surface area contributed by atoms with Gasteiger partial charge < -0.3 is 9.80 Å². The van der Waals surface area contributed by atoms with Crippen molar-refractivity contribution in [3.63, 3.8) is 0 Å². The summed E-state index contributed by atoms with van der Waals surface area (Å²) < 4.78 is 0. The van der Waals surface area contributed by atoms with Gasteiger partial charge in [-0.2, -0.15) is 0 Å². The van der Waals surface area contributed by atoms with Crippen molar-refractivity contribution < 1.29 is 0 Å². The molecule has 3 unspecified atom stereocenters. The van der Waals surface area contributed by atoms with E-state index in [-0.39, 0.29) is 5.41 Å². The Balaban J connectivity index is 1.05. The maximum absolute atomic E-state index is 2.56. The minimum absolute atomic E-state index is 0.119. The molecule has 0 heterocycles. The number of fused-ring (bicyclic) bond motifs is 2. The predicted octanol–water partition coefficient (Wildman–Crippen LogP) is 16.1. The van der Waals surface area contributed by atoms with Gasteiger partial charge in [0.2, 0.25) is 0 Å². The lowest BCUT2D eigenvalue weighted by Gasteiger charge is -2.40. The van der Waals surface area contributed by atoms with Gasteiger partial charge in [0.15, 0.2) is 0 Å². The average molecular weight is 809 g/mol. The molecule has 0 N–H and O–H groups in total. The van der Waals surface area contributed by atoms with E-state index in [1.54, 1.807) is 0 Å². The third kappa shape index (κ3) is 6.08. The SMILES string of the molecule is c1ccc(-c2cccc(-c3ccccc3)c2-c2ccc(N(c3ccccc3)c3cccc4c3C35c6c(cccc6N(c6ccccc6)c6ccccc6)CC3CCC5C4)cc2)cc1. The Bertz CT molecular complexity index is 2950. The standard InChI is InChI=1S/C61H48N2/c1-6-19-43(20-7-1)54-31-18-32-55(44-21-8-2-9-22-44)58(54)45-35-39-53(40-36-45)63(52-29-14-5-15-30-52)57-34-17-24-47-42-49-38-37-48-41-46-23-16-33-56(59(46)61(48,49)60(47)57)62(50-25-10-3-11-26-50)51-27-12-4-13-28-51/h1-36,39-40,48-49H,37-38,41-42H2. The van der Waals surface area contributed by atoms with Crippen LogP contribution in [0, 0.1) is 11.8 Å². The molecule has 9 aromatic rings. The molecular formula is C61H48N2. The normalized spacial score (nSPS) is 18.0. The van der Waals surface area contributed by atoms with Crippen LogP contribution < -0.4 is 9.80 Å². The summed E-state index contributed by atoms with van der Waals surface area (Å²) in [6.45, 7) is 0. The molecule has 0 bridgehead atoms. The molecule has 9 aromatic carbocycles. The van der Waals surface area contributed by atoms with E-state index in [0.717, 1.165) is 18.5 Å².